The molecule has 0 saturated heterocycles. The number of ether oxygens (including phenoxy) is 3. The molecule has 0 fully saturated rings. The van der Waals surface area contributed by atoms with Gasteiger partial charge in [-0.05, 0) is 76.9 Å². The van der Waals surface area contributed by atoms with Crippen LogP contribution in [0.25, 0.3) is 0 Å². The molecule has 5 N–H and O–H groups in total. The summed E-state index contributed by atoms with van der Waals surface area (Å²) in [6.45, 7) is 13.1. The van der Waals surface area contributed by atoms with Crippen LogP contribution in [0.15, 0.2) is 36.4 Å². The van der Waals surface area contributed by atoms with Crippen LogP contribution in [0.4, 0.5) is 22.7 Å². The molecule has 0 bridgehead atoms. The van der Waals surface area contributed by atoms with Crippen LogP contribution >= 0.6 is 0 Å². The van der Waals surface area contributed by atoms with Crippen molar-refractivity contribution < 1.29 is 33.4 Å². The molecule has 0 aliphatic heterocycles. The van der Waals surface area contributed by atoms with Crippen LogP contribution in [-0.4, -0.2) is 57.2 Å². The Morgan fingerprint density at radius 1 is 0.615 bits per heavy atom. The van der Waals surface area contributed by atoms with Crippen molar-refractivity contribution in [3.63, 3.8) is 0 Å². The molecule has 2 rings (SSSR count). The van der Waals surface area contributed by atoms with Crippen molar-refractivity contribution in [3.8, 4) is 0 Å². The number of nitrogen functional groups attached to an aromatic ring is 1. The number of carbonyl (C=O) groups excluding carboxylic acids is 4. The van der Waals surface area contributed by atoms with Crippen molar-refractivity contribution >= 4 is 46.4 Å². The summed E-state index contributed by atoms with van der Waals surface area (Å²) in [4.78, 5) is 53.0. The number of nitrogens with one attached hydrogen (secondary N) is 3. The first-order valence-electron chi connectivity index (χ1n) is 19.0. The van der Waals surface area contributed by atoms with E-state index in [0.29, 0.717) is 18.9 Å². The summed E-state index contributed by atoms with van der Waals surface area (Å²) in [6.07, 6.45) is 13.8. The molecule has 0 unspecified atom stereocenters. The molecular formula is C41H64N4O7. The topological polar surface area (TPSA) is 158 Å². The Labute approximate surface area is 311 Å². The molecule has 2 aromatic carbocycles. The van der Waals surface area contributed by atoms with Crippen LogP contribution in [0.5, 0.6) is 0 Å². The third-order valence-electron chi connectivity index (χ3n) is 8.91. The fourth-order valence-corrected chi connectivity index (χ4v) is 5.40. The Morgan fingerprint density at radius 2 is 1.08 bits per heavy atom. The smallest absolute Gasteiger partial charge is 0.340 e. The van der Waals surface area contributed by atoms with E-state index in [2.05, 4.69) is 29.8 Å². The lowest BCUT2D eigenvalue weighted by molar-refractivity contribution is -0.127. The van der Waals surface area contributed by atoms with Crippen molar-refractivity contribution in [3.05, 3.63) is 47.5 Å². The lowest BCUT2D eigenvalue weighted by Crippen LogP contribution is -2.35. The van der Waals surface area contributed by atoms with Gasteiger partial charge in [0.2, 0.25) is 11.8 Å². The maximum absolute atomic E-state index is 13.6. The SMILES string of the molecule is CCCCCCCCOCC(C)(C)C(=O)Nc1ccc(N)cc1C(=O)Nc1ccc(NC(=O)C(C)(C)COCCCCCCCC)c(C(=O)OC)c1. The highest BCUT2D eigenvalue weighted by Crippen LogP contribution is 2.28. The fraction of sp³-hybridized carbons (Fsp3) is 0.610. The highest BCUT2D eigenvalue weighted by molar-refractivity contribution is 6.12. The predicted molar refractivity (Wildman–Crippen MR) is 210 cm³/mol. The molecule has 2 aromatic rings. The van der Waals surface area contributed by atoms with Gasteiger partial charge in [0.15, 0.2) is 0 Å². The van der Waals surface area contributed by atoms with Crippen LogP contribution < -0.4 is 21.7 Å². The number of hydrogen-bond acceptors (Lipinski definition) is 8. The zero-order chi connectivity index (χ0) is 38.6. The number of unbranched alkanes of at least 4 members (excludes halogenated alkanes) is 10. The molecule has 11 nitrogen and oxygen atoms in total. The first-order chi connectivity index (χ1) is 24.7. The second-order valence-electron chi connectivity index (χ2n) is 14.8. The normalized spacial score (nSPS) is 11.6. The van der Waals surface area contributed by atoms with E-state index >= 15 is 0 Å². The number of rotatable bonds is 25. The molecule has 0 atom stereocenters. The lowest BCUT2D eigenvalue weighted by Gasteiger charge is -2.24. The highest BCUT2D eigenvalue weighted by Gasteiger charge is 2.31. The number of anilines is 4. The minimum Gasteiger partial charge on any atom is -0.465 e. The largest absolute Gasteiger partial charge is 0.465 e. The van der Waals surface area contributed by atoms with Gasteiger partial charge in [-0.1, -0.05) is 78.1 Å². The molecule has 0 saturated carbocycles. The summed E-state index contributed by atoms with van der Waals surface area (Å²) >= 11 is 0. The fourth-order valence-electron chi connectivity index (χ4n) is 5.40. The van der Waals surface area contributed by atoms with Gasteiger partial charge in [-0.2, -0.15) is 0 Å². The number of carbonyl (C=O) groups is 4. The molecule has 0 heterocycles. The predicted octanol–water partition coefficient (Wildman–Crippen LogP) is 8.99. The average molecular weight is 725 g/mol. The van der Waals surface area contributed by atoms with Gasteiger partial charge in [0.05, 0.1) is 53.7 Å². The molecule has 0 aliphatic carbocycles. The van der Waals surface area contributed by atoms with Gasteiger partial charge in [-0.15, -0.1) is 0 Å². The Morgan fingerprint density at radius 3 is 1.58 bits per heavy atom. The number of amides is 3. The number of methoxy groups -OCH3 is 1. The number of benzene rings is 2. The summed E-state index contributed by atoms with van der Waals surface area (Å²) in [5, 5.41) is 8.48. The molecule has 11 heteroatoms. The standard InChI is InChI=1S/C41H64N4O7/c1-8-10-12-14-16-18-24-51-28-40(3,4)38(48)44-34-22-20-30(42)26-32(34)36(46)43-31-21-23-35(33(27-31)37(47)50-7)45-39(49)41(5,6)29-52-25-19-17-15-13-11-9-2/h20-23,26-27H,8-19,24-25,28-29,42H2,1-7H3,(H,43,46)(H,44,48)(H,45,49). The van der Waals surface area contributed by atoms with E-state index in [0.717, 1.165) is 25.7 Å². The monoisotopic (exact) mass is 724 g/mol. The molecular weight excluding hydrogens is 660 g/mol. The Balaban J connectivity index is 2.08. The molecule has 0 aliphatic rings. The van der Waals surface area contributed by atoms with Crippen molar-refractivity contribution in [1.82, 2.24) is 0 Å². The quantitative estimate of drug-likeness (QED) is 0.0449. The van der Waals surface area contributed by atoms with Gasteiger partial charge in [-0.3, -0.25) is 14.4 Å². The lowest BCUT2D eigenvalue weighted by atomic mass is 9.93. The van der Waals surface area contributed by atoms with Crippen molar-refractivity contribution in [2.24, 2.45) is 10.8 Å². The maximum atomic E-state index is 13.6. The van der Waals surface area contributed by atoms with E-state index in [1.165, 1.54) is 76.7 Å². The maximum Gasteiger partial charge on any atom is 0.340 e. The number of esters is 1. The van der Waals surface area contributed by atoms with Crippen LogP contribution in [-0.2, 0) is 23.8 Å². The first kappa shape index (κ1) is 44.2. The van der Waals surface area contributed by atoms with Crippen LogP contribution in [0.1, 0.15) is 139 Å². The molecule has 0 radical (unpaired) electrons. The van der Waals surface area contributed by atoms with Crippen LogP contribution in [0.3, 0.4) is 0 Å². The summed E-state index contributed by atoms with van der Waals surface area (Å²) < 4.78 is 16.7. The van der Waals surface area contributed by atoms with Gasteiger partial charge in [0.1, 0.15) is 0 Å². The third-order valence-corrected chi connectivity index (χ3v) is 8.91. The molecule has 0 aromatic heterocycles. The second-order valence-corrected chi connectivity index (χ2v) is 14.8. The van der Waals surface area contributed by atoms with Crippen LogP contribution in [0.2, 0.25) is 0 Å². The first-order valence-corrected chi connectivity index (χ1v) is 19.0. The van der Waals surface area contributed by atoms with Gasteiger partial charge in [0, 0.05) is 24.6 Å². The van der Waals surface area contributed by atoms with Gasteiger partial charge in [-0.25, -0.2) is 4.79 Å². The zero-order valence-corrected chi connectivity index (χ0v) is 32.7. The molecule has 3 amide bonds. The minimum absolute atomic E-state index is 0.0567. The Kier molecular flexibility index (Phi) is 19.4. The molecule has 52 heavy (non-hydrogen) atoms. The second kappa shape index (κ2) is 22.9. The van der Waals surface area contributed by atoms with E-state index in [-0.39, 0.29) is 53.2 Å². The highest BCUT2D eigenvalue weighted by atomic mass is 16.5. The van der Waals surface area contributed by atoms with Crippen LogP contribution in [0, 0.1) is 10.8 Å². The average Bonchev–Trinajstić information content (AvgIpc) is 3.11. The number of hydrogen-bond donors (Lipinski definition) is 4. The van der Waals surface area contributed by atoms with E-state index in [4.69, 9.17) is 19.9 Å². The van der Waals surface area contributed by atoms with E-state index in [9.17, 15) is 19.2 Å². The summed E-state index contributed by atoms with van der Waals surface area (Å²) in [5.41, 5.74) is 5.61. The Bertz CT molecular complexity index is 1440. The number of nitrogens with two attached hydrogens (primary N) is 1. The molecule has 0 spiro atoms. The third kappa shape index (κ3) is 15.3. The zero-order valence-electron chi connectivity index (χ0n) is 32.7. The Hall–Kier alpha value is -3.96. The van der Waals surface area contributed by atoms with Crippen molar-refractivity contribution in [2.75, 3.05) is 55.2 Å². The minimum atomic E-state index is -0.870. The van der Waals surface area contributed by atoms with Crippen molar-refractivity contribution in [1.29, 1.82) is 0 Å². The van der Waals surface area contributed by atoms with E-state index in [1.807, 2.05) is 0 Å². The summed E-state index contributed by atoms with van der Waals surface area (Å²) in [5.74, 6) is -1.89. The van der Waals surface area contributed by atoms with E-state index in [1.54, 1.807) is 45.9 Å². The van der Waals surface area contributed by atoms with E-state index < -0.39 is 22.7 Å². The van der Waals surface area contributed by atoms with Gasteiger partial charge < -0.3 is 35.9 Å². The molecule has 290 valence electrons. The van der Waals surface area contributed by atoms with Gasteiger partial charge >= 0.3 is 5.97 Å². The summed E-state index contributed by atoms with van der Waals surface area (Å²) in [7, 11) is 1.24. The van der Waals surface area contributed by atoms with Crippen molar-refractivity contribution in [2.45, 2.75) is 119 Å². The van der Waals surface area contributed by atoms with Gasteiger partial charge in [0.25, 0.3) is 5.91 Å². The summed E-state index contributed by atoms with van der Waals surface area (Å²) in [6, 6.07) is 9.17.